The Morgan fingerprint density at radius 1 is 0.733 bits per heavy atom. The van der Waals surface area contributed by atoms with E-state index in [1.807, 2.05) is 13.8 Å². The van der Waals surface area contributed by atoms with Crippen molar-refractivity contribution < 1.29 is 28.4 Å². The first kappa shape index (κ1) is 29.8. The summed E-state index contributed by atoms with van der Waals surface area (Å²) in [6.07, 6.45) is 4.02. The van der Waals surface area contributed by atoms with Gasteiger partial charge in [-0.05, 0) is 46.0 Å². The molecule has 0 fully saturated rings. The molecule has 0 aromatic rings. The minimum Gasteiger partial charge on any atom is -0.367 e. The van der Waals surface area contributed by atoms with Gasteiger partial charge in [0.2, 0.25) is 0 Å². The largest absolute Gasteiger partial charge is 0.367 e. The Morgan fingerprint density at radius 3 is 1.87 bits per heavy atom. The average Bonchev–Trinajstić information content (AvgIpc) is 2.73. The summed E-state index contributed by atoms with van der Waals surface area (Å²) in [6, 6.07) is 0. The lowest BCUT2D eigenvalue weighted by Gasteiger charge is -2.42. The van der Waals surface area contributed by atoms with Crippen LogP contribution in [0.25, 0.3) is 0 Å². The molecule has 0 heterocycles. The molecule has 4 unspecified atom stereocenters. The van der Waals surface area contributed by atoms with Crippen molar-refractivity contribution in [2.45, 2.75) is 118 Å². The van der Waals surface area contributed by atoms with E-state index in [1.54, 1.807) is 0 Å². The maximum Gasteiger partial charge on any atom is 0.311 e. The summed E-state index contributed by atoms with van der Waals surface area (Å²) in [5, 5.41) is 0. The van der Waals surface area contributed by atoms with Crippen molar-refractivity contribution in [1.82, 2.24) is 0 Å². The van der Waals surface area contributed by atoms with Crippen LogP contribution in [0.3, 0.4) is 0 Å². The molecule has 0 aromatic heterocycles. The Bertz CT molecular complexity index is 405. The van der Waals surface area contributed by atoms with Gasteiger partial charge in [-0.1, -0.05) is 48.0 Å². The molecule has 6 nitrogen and oxygen atoms in total. The van der Waals surface area contributed by atoms with Gasteiger partial charge in [0.25, 0.3) is 0 Å². The summed E-state index contributed by atoms with van der Waals surface area (Å²) in [4.78, 5) is 0. The number of hydrogen-bond donors (Lipinski definition) is 0. The van der Waals surface area contributed by atoms with E-state index in [2.05, 4.69) is 48.5 Å². The van der Waals surface area contributed by atoms with Crippen LogP contribution in [0, 0.1) is 5.92 Å². The summed E-state index contributed by atoms with van der Waals surface area (Å²) < 4.78 is 37.4. The van der Waals surface area contributed by atoms with Crippen molar-refractivity contribution in [3.05, 3.63) is 0 Å². The van der Waals surface area contributed by atoms with Crippen LogP contribution in [-0.2, 0) is 28.4 Å². The lowest BCUT2D eigenvalue weighted by atomic mass is 10.1. The lowest BCUT2D eigenvalue weighted by molar-refractivity contribution is -0.438. The van der Waals surface area contributed by atoms with Crippen molar-refractivity contribution in [2.75, 3.05) is 33.0 Å². The molecule has 0 amide bonds. The number of rotatable bonds is 20. The van der Waals surface area contributed by atoms with Gasteiger partial charge in [-0.25, -0.2) is 0 Å². The zero-order valence-corrected chi connectivity index (χ0v) is 21.3. The third-order valence-electron chi connectivity index (χ3n) is 5.00. The van der Waals surface area contributed by atoms with Crippen LogP contribution in [0.5, 0.6) is 0 Å². The summed E-state index contributed by atoms with van der Waals surface area (Å²) >= 11 is 0. The zero-order valence-electron chi connectivity index (χ0n) is 21.3. The van der Waals surface area contributed by atoms with E-state index in [0.717, 1.165) is 19.3 Å². The van der Waals surface area contributed by atoms with Gasteiger partial charge in [0, 0.05) is 19.6 Å². The molecule has 0 aliphatic heterocycles. The number of unbranched alkanes of at least 4 members (excludes halogenated alkanes) is 1. The summed E-state index contributed by atoms with van der Waals surface area (Å²) in [6.45, 7) is 20.9. The third kappa shape index (κ3) is 10.4. The standard InChI is InChI=1S/C24H50O6/c1-10-16-17-27-23(13-4,25-14-5)19-29-24(26-15-6,28-18-20(7)8)22(12-3)30-21(9)11-2/h20-22H,10-19H2,1-9H3. The van der Waals surface area contributed by atoms with Crippen molar-refractivity contribution in [3.8, 4) is 0 Å². The third-order valence-corrected chi connectivity index (χ3v) is 5.00. The average molecular weight is 435 g/mol. The van der Waals surface area contributed by atoms with Gasteiger partial charge in [-0.15, -0.1) is 0 Å². The van der Waals surface area contributed by atoms with Gasteiger partial charge < -0.3 is 28.4 Å². The SMILES string of the molecule is CCCCOC(CC)(COC(OCC)(OCC(C)C)C(CC)OC(C)CC)OCC. The van der Waals surface area contributed by atoms with Crippen molar-refractivity contribution >= 4 is 0 Å². The molecular formula is C24H50O6. The number of ether oxygens (including phenoxy) is 6. The summed E-state index contributed by atoms with van der Waals surface area (Å²) in [7, 11) is 0. The van der Waals surface area contributed by atoms with Crippen LogP contribution in [0.15, 0.2) is 0 Å². The molecule has 4 atom stereocenters. The Morgan fingerprint density at radius 2 is 1.40 bits per heavy atom. The van der Waals surface area contributed by atoms with Gasteiger partial charge in [0.05, 0.1) is 19.3 Å². The van der Waals surface area contributed by atoms with E-state index >= 15 is 0 Å². The van der Waals surface area contributed by atoms with Gasteiger partial charge in [-0.2, -0.15) is 0 Å². The maximum atomic E-state index is 6.44. The maximum absolute atomic E-state index is 6.44. The van der Waals surface area contributed by atoms with Crippen molar-refractivity contribution in [1.29, 1.82) is 0 Å². The molecule has 6 heteroatoms. The molecule has 0 aliphatic carbocycles. The minimum atomic E-state index is -1.30. The fourth-order valence-corrected chi connectivity index (χ4v) is 3.00. The Hall–Kier alpha value is -0.240. The molecule has 0 saturated heterocycles. The topological polar surface area (TPSA) is 55.4 Å². The molecular weight excluding hydrogens is 384 g/mol. The molecule has 182 valence electrons. The predicted molar refractivity (Wildman–Crippen MR) is 122 cm³/mol. The number of hydrogen-bond acceptors (Lipinski definition) is 6. The second kappa shape index (κ2) is 16.4. The van der Waals surface area contributed by atoms with Crippen LogP contribution in [0.4, 0.5) is 0 Å². The fraction of sp³-hybridized carbons (Fsp3) is 1.00. The highest BCUT2D eigenvalue weighted by Gasteiger charge is 2.46. The highest BCUT2D eigenvalue weighted by atomic mass is 16.9. The fourth-order valence-electron chi connectivity index (χ4n) is 3.00. The molecule has 0 rings (SSSR count). The van der Waals surface area contributed by atoms with Crippen LogP contribution in [-0.4, -0.2) is 57.0 Å². The molecule has 0 spiro atoms. The van der Waals surface area contributed by atoms with Crippen molar-refractivity contribution in [2.24, 2.45) is 5.92 Å². The molecule has 0 bridgehead atoms. The predicted octanol–water partition coefficient (Wildman–Crippen LogP) is 5.92. The second-order valence-electron chi connectivity index (χ2n) is 8.18. The molecule has 30 heavy (non-hydrogen) atoms. The molecule has 0 saturated carbocycles. The normalized spacial score (nSPS) is 18.2. The van der Waals surface area contributed by atoms with Gasteiger partial charge in [0.1, 0.15) is 12.7 Å². The van der Waals surface area contributed by atoms with Gasteiger partial charge in [0.15, 0.2) is 5.79 Å². The van der Waals surface area contributed by atoms with Crippen LogP contribution < -0.4 is 0 Å². The molecule has 0 N–H and O–H groups in total. The first-order valence-electron chi connectivity index (χ1n) is 12.1. The Kier molecular flexibility index (Phi) is 16.3. The first-order valence-corrected chi connectivity index (χ1v) is 12.1. The minimum absolute atomic E-state index is 0.0738. The van der Waals surface area contributed by atoms with E-state index in [1.165, 1.54) is 0 Å². The van der Waals surface area contributed by atoms with Crippen LogP contribution in [0.2, 0.25) is 0 Å². The van der Waals surface area contributed by atoms with E-state index < -0.39 is 11.8 Å². The molecule has 0 aliphatic rings. The van der Waals surface area contributed by atoms with Crippen molar-refractivity contribution in [3.63, 3.8) is 0 Å². The second-order valence-corrected chi connectivity index (χ2v) is 8.18. The highest BCUT2D eigenvalue weighted by molar-refractivity contribution is 4.77. The van der Waals surface area contributed by atoms with E-state index in [-0.39, 0.29) is 18.8 Å². The highest BCUT2D eigenvalue weighted by Crippen LogP contribution is 2.31. The zero-order chi connectivity index (χ0) is 23.0. The summed E-state index contributed by atoms with van der Waals surface area (Å²) in [5.74, 6) is -1.80. The van der Waals surface area contributed by atoms with Crippen LogP contribution >= 0.6 is 0 Å². The first-order chi connectivity index (χ1) is 14.3. The van der Waals surface area contributed by atoms with E-state index in [0.29, 0.717) is 45.2 Å². The van der Waals surface area contributed by atoms with Crippen LogP contribution in [0.1, 0.15) is 94.4 Å². The molecule has 0 radical (unpaired) electrons. The summed E-state index contributed by atoms with van der Waals surface area (Å²) in [5.41, 5.74) is 0. The van der Waals surface area contributed by atoms with E-state index in [4.69, 9.17) is 28.4 Å². The van der Waals surface area contributed by atoms with E-state index in [9.17, 15) is 0 Å². The Balaban J connectivity index is 5.75. The smallest absolute Gasteiger partial charge is 0.311 e. The van der Waals surface area contributed by atoms with Gasteiger partial charge in [-0.3, -0.25) is 0 Å². The van der Waals surface area contributed by atoms with Gasteiger partial charge >= 0.3 is 5.97 Å². The lowest BCUT2D eigenvalue weighted by Crippen LogP contribution is -2.55. The quantitative estimate of drug-likeness (QED) is 0.175. The monoisotopic (exact) mass is 434 g/mol. The Labute approximate surface area is 186 Å². The molecule has 0 aromatic carbocycles.